The van der Waals surface area contributed by atoms with E-state index in [0.717, 1.165) is 11.1 Å². The fourth-order valence-corrected chi connectivity index (χ4v) is 4.73. The fourth-order valence-electron chi connectivity index (χ4n) is 3.14. The first-order valence-electron chi connectivity index (χ1n) is 9.82. The van der Waals surface area contributed by atoms with Crippen LogP contribution in [0.15, 0.2) is 76.2 Å². The van der Waals surface area contributed by atoms with Crippen LogP contribution in [0.1, 0.15) is 53.3 Å². The maximum absolute atomic E-state index is 13.2. The molecular formula is C24H27NO4S. The number of hydrogen-bond donors (Lipinski definition) is 1. The van der Waals surface area contributed by atoms with E-state index in [1.807, 2.05) is 19.1 Å². The number of rotatable bonds is 6. The van der Waals surface area contributed by atoms with Crippen molar-refractivity contribution in [3.8, 4) is 0 Å². The molecule has 3 rings (SSSR count). The monoisotopic (exact) mass is 425 g/mol. The molecule has 0 radical (unpaired) electrons. The molecule has 6 heteroatoms. The molecule has 0 unspecified atom stereocenters. The van der Waals surface area contributed by atoms with Crippen molar-refractivity contribution in [1.29, 1.82) is 0 Å². The summed E-state index contributed by atoms with van der Waals surface area (Å²) in [6.45, 7) is 8.11. The van der Waals surface area contributed by atoms with Gasteiger partial charge in [-0.25, -0.2) is 8.42 Å². The van der Waals surface area contributed by atoms with Gasteiger partial charge in [0.25, 0.3) is 5.91 Å². The van der Waals surface area contributed by atoms with Crippen molar-refractivity contribution < 1.29 is 17.6 Å². The van der Waals surface area contributed by atoms with Gasteiger partial charge >= 0.3 is 0 Å². The van der Waals surface area contributed by atoms with E-state index in [0.29, 0.717) is 11.3 Å². The third-order valence-electron chi connectivity index (χ3n) is 5.05. The summed E-state index contributed by atoms with van der Waals surface area (Å²) in [5.41, 5.74) is 2.56. The lowest BCUT2D eigenvalue weighted by molar-refractivity contribution is 0.0953. The number of sulfone groups is 1. The van der Waals surface area contributed by atoms with Crippen LogP contribution in [0.25, 0.3) is 0 Å². The molecule has 3 aromatic rings. The predicted octanol–water partition coefficient (Wildman–Crippen LogP) is 4.83. The van der Waals surface area contributed by atoms with E-state index in [4.69, 9.17) is 4.42 Å². The quantitative estimate of drug-likeness (QED) is 0.614. The van der Waals surface area contributed by atoms with Gasteiger partial charge in [-0.2, -0.15) is 0 Å². The van der Waals surface area contributed by atoms with E-state index in [2.05, 4.69) is 26.1 Å². The molecule has 1 heterocycles. The number of carbonyl (C=O) groups excluding carboxylic acids is 1. The minimum atomic E-state index is -3.75. The summed E-state index contributed by atoms with van der Waals surface area (Å²) in [5, 5.41) is 1.73. The highest BCUT2D eigenvalue weighted by Gasteiger charge is 2.32. The Labute approximate surface area is 178 Å². The summed E-state index contributed by atoms with van der Waals surface area (Å²) < 4.78 is 31.9. The molecule has 158 valence electrons. The van der Waals surface area contributed by atoms with Crippen molar-refractivity contribution in [2.45, 2.75) is 43.3 Å². The summed E-state index contributed by atoms with van der Waals surface area (Å²) in [6.07, 6.45) is 1.43. The van der Waals surface area contributed by atoms with Gasteiger partial charge < -0.3 is 9.73 Å². The molecule has 0 fully saturated rings. The zero-order chi connectivity index (χ0) is 21.9. The maximum atomic E-state index is 13.2. The Bertz CT molecular complexity index is 1090. The number of hydrogen-bond acceptors (Lipinski definition) is 4. The van der Waals surface area contributed by atoms with Crippen LogP contribution in [-0.2, 0) is 15.3 Å². The van der Waals surface area contributed by atoms with Crippen LogP contribution < -0.4 is 5.32 Å². The van der Waals surface area contributed by atoms with Crippen molar-refractivity contribution in [3.05, 3.63) is 89.4 Å². The Balaban J connectivity index is 1.81. The Hall–Kier alpha value is -2.86. The first kappa shape index (κ1) is 21.8. The molecule has 1 N–H and O–H groups in total. The molecule has 1 amide bonds. The second-order valence-electron chi connectivity index (χ2n) is 8.40. The zero-order valence-electron chi connectivity index (χ0n) is 17.7. The summed E-state index contributed by atoms with van der Waals surface area (Å²) in [6, 6.07) is 17.3. The molecule has 0 aliphatic carbocycles. The fraction of sp³-hybridized carbons (Fsp3) is 0.292. The third kappa shape index (κ3) is 4.82. The van der Waals surface area contributed by atoms with Crippen LogP contribution in [-0.4, -0.2) is 20.9 Å². The number of aryl methyl sites for hydroxylation is 1. The predicted molar refractivity (Wildman–Crippen MR) is 117 cm³/mol. The molecule has 1 atom stereocenters. The highest BCUT2D eigenvalue weighted by molar-refractivity contribution is 7.91. The normalized spacial score (nSPS) is 13.1. The molecule has 2 aromatic carbocycles. The minimum Gasteiger partial charge on any atom is -0.468 e. The van der Waals surface area contributed by atoms with Gasteiger partial charge in [0.15, 0.2) is 9.84 Å². The Morgan fingerprint density at radius 3 is 2.17 bits per heavy atom. The summed E-state index contributed by atoms with van der Waals surface area (Å²) in [7, 11) is -3.75. The van der Waals surface area contributed by atoms with Gasteiger partial charge in [0.05, 0.1) is 11.2 Å². The smallest absolute Gasteiger partial charge is 0.251 e. The van der Waals surface area contributed by atoms with Gasteiger partial charge in [0.1, 0.15) is 11.0 Å². The molecule has 0 saturated heterocycles. The van der Waals surface area contributed by atoms with Gasteiger partial charge in [0.2, 0.25) is 0 Å². The summed E-state index contributed by atoms with van der Waals surface area (Å²) in [5.74, 6) is -0.0370. The molecular weight excluding hydrogens is 398 g/mol. The first-order chi connectivity index (χ1) is 14.1. The molecule has 0 bridgehead atoms. The van der Waals surface area contributed by atoms with Crippen molar-refractivity contribution in [2.75, 3.05) is 6.54 Å². The molecule has 0 aliphatic rings. The van der Waals surface area contributed by atoms with E-state index in [1.54, 1.807) is 48.5 Å². The topological polar surface area (TPSA) is 76.4 Å². The van der Waals surface area contributed by atoms with Gasteiger partial charge in [-0.15, -0.1) is 0 Å². The van der Waals surface area contributed by atoms with Crippen LogP contribution >= 0.6 is 0 Å². The Kier molecular flexibility index (Phi) is 6.17. The molecule has 0 spiro atoms. The standard InChI is InChI=1S/C24H27NO4S/c1-17-7-13-20(14-8-17)30(27,28)22(21-6-5-15-29-21)16-25-23(26)18-9-11-19(12-10-18)24(2,3)4/h5-15,22H,16H2,1-4H3,(H,25,26)/t22-/m1/s1. The van der Waals surface area contributed by atoms with Crippen molar-refractivity contribution in [1.82, 2.24) is 5.32 Å². The van der Waals surface area contributed by atoms with Crippen LogP contribution in [0.2, 0.25) is 0 Å². The third-order valence-corrected chi connectivity index (χ3v) is 7.12. The lowest BCUT2D eigenvalue weighted by Crippen LogP contribution is -2.31. The minimum absolute atomic E-state index is 0.0124. The van der Waals surface area contributed by atoms with E-state index in [9.17, 15) is 13.2 Å². The summed E-state index contributed by atoms with van der Waals surface area (Å²) in [4.78, 5) is 12.8. The van der Waals surface area contributed by atoms with Gasteiger partial charge in [-0.3, -0.25) is 4.79 Å². The van der Waals surface area contributed by atoms with Crippen LogP contribution in [0, 0.1) is 6.92 Å². The second-order valence-corrected chi connectivity index (χ2v) is 10.5. The van der Waals surface area contributed by atoms with Gasteiger partial charge in [-0.1, -0.05) is 50.6 Å². The average Bonchev–Trinajstić information content (AvgIpc) is 3.22. The molecule has 5 nitrogen and oxygen atoms in total. The van der Waals surface area contributed by atoms with Crippen molar-refractivity contribution >= 4 is 15.7 Å². The Morgan fingerprint density at radius 2 is 1.63 bits per heavy atom. The summed E-state index contributed by atoms with van der Waals surface area (Å²) >= 11 is 0. The number of nitrogens with one attached hydrogen (secondary N) is 1. The second kappa shape index (κ2) is 8.48. The maximum Gasteiger partial charge on any atom is 0.251 e. The van der Waals surface area contributed by atoms with Crippen molar-refractivity contribution in [3.63, 3.8) is 0 Å². The first-order valence-corrected chi connectivity index (χ1v) is 11.4. The van der Waals surface area contributed by atoms with Crippen LogP contribution in [0.5, 0.6) is 0 Å². The lowest BCUT2D eigenvalue weighted by atomic mass is 9.87. The largest absolute Gasteiger partial charge is 0.468 e. The zero-order valence-corrected chi connectivity index (χ0v) is 18.5. The highest BCUT2D eigenvalue weighted by Crippen LogP contribution is 2.29. The average molecular weight is 426 g/mol. The van der Waals surface area contributed by atoms with E-state index >= 15 is 0 Å². The van der Waals surface area contributed by atoms with E-state index in [1.165, 1.54) is 6.26 Å². The highest BCUT2D eigenvalue weighted by atomic mass is 32.2. The lowest BCUT2D eigenvalue weighted by Gasteiger charge is -2.19. The number of carbonyl (C=O) groups is 1. The van der Waals surface area contributed by atoms with Gasteiger partial charge in [0, 0.05) is 12.1 Å². The van der Waals surface area contributed by atoms with Crippen LogP contribution in [0.3, 0.4) is 0 Å². The molecule has 0 aliphatic heterocycles. The Morgan fingerprint density at radius 1 is 1.00 bits per heavy atom. The van der Waals surface area contributed by atoms with Crippen LogP contribution in [0.4, 0.5) is 0 Å². The van der Waals surface area contributed by atoms with E-state index in [-0.39, 0.29) is 22.8 Å². The van der Waals surface area contributed by atoms with E-state index < -0.39 is 15.1 Å². The number of benzene rings is 2. The molecule has 0 saturated carbocycles. The van der Waals surface area contributed by atoms with Crippen molar-refractivity contribution in [2.24, 2.45) is 0 Å². The molecule has 1 aromatic heterocycles. The molecule has 30 heavy (non-hydrogen) atoms. The number of amides is 1. The SMILES string of the molecule is Cc1ccc(S(=O)(=O)[C@H](CNC(=O)c2ccc(C(C)(C)C)cc2)c2ccco2)cc1. The van der Waals surface area contributed by atoms with Gasteiger partial charge in [-0.05, 0) is 54.3 Å². The number of furan rings is 1.